The van der Waals surface area contributed by atoms with Gasteiger partial charge in [0.15, 0.2) is 0 Å². The summed E-state index contributed by atoms with van der Waals surface area (Å²) >= 11 is 3.70. The summed E-state index contributed by atoms with van der Waals surface area (Å²) in [7, 11) is 0. The second-order valence-corrected chi connectivity index (χ2v) is 6.28. The van der Waals surface area contributed by atoms with Crippen LogP contribution in [-0.4, -0.2) is 27.8 Å². The number of halogens is 1. The third-order valence-corrected chi connectivity index (χ3v) is 5.77. The third-order valence-electron chi connectivity index (χ3n) is 4.65. The Bertz CT molecular complexity index is 610. The summed E-state index contributed by atoms with van der Waals surface area (Å²) in [5.74, 6) is 0. The van der Waals surface area contributed by atoms with E-state index in [4.69, 9.17) is 9.84 Å². The van der Waals surface area contributed by atoms with Crippen LogP contribution in [0.1, 0.15) is 26.0 Å². The molecule has 0 saturated carbocycles. The number of nitrogens with zero attached hydrogens (tertiary/aromatic N) is 2. The van der Waals surface area contributed by atoms with Crippen LogP contribution in [0.3, 0.4) is 0 Å². The number of alkyl halides is 1. The van der Waals surface area contributed by atoms with E-state index in [-0.39, 0.29) is 11.5 Å². The first-order valence-electron chi connectivity index (χ1n) is 7.32. The molecular weight excluding hydrogens is 316 g/mol. The van der Waals surface area contributed by atoms with E-state index < -0.39 is 0 Å². The van der Waals surface area contributed by atoms with Gasteiger partial charge in [0, 0.05) is 35.7 Å². The molecule has 0 spiro atoms. The SMILES string of the molecule is CCn1nc(CC2(CBr)CCOC2C)c2ccccc21. The van der Waals surface area contributed by atoms with Gasteiger partial charge in [-0.15, -0.1) is 0 Å². The molecule has 2 atom stereocenters. The highest BCUT2D eigenvalue weighted by Crippen LogP contribution is 2.40. The fourth-order valence-corrected chi connectivity index (χ4v) is 4.11. The number of benzene rings is 1. The van der Waals surface area contributed by atoms with Gasteiger partial charge < -0.3 is 4.74 Å². The maximum Gasteiger partial charge on any atom is 0.0710 e. The molecule has 1 aliphatic rings. The normalized spacial score (nSPS) is 26.4. The second kappa shape index (κ2) is 5.49. The number of aryl methyl sites for hydroxylation is 1. The summed E-state index contributed by atoms with van der Waals surface area (Å²) in [5.41, 5.74) is 2.62. The largest absolute Gasteiger partial charge is 0.378 e. The van der Waals surface area contributed by atoms with Crippen LogP contribution in [0.4, 0.5) is 0 Å². The van der Waals surface area contributed by atoms with Gasteiger partial charge in [0.25, 0.3) is 0 Å². The summed E-state index contributed by atoms with van der Waals surface area (Å²) in [6, 6.07) is 8.53. The van der Waals surface area contributed by atoms with Crippen LogP contribution in [0.25, 0.3) is 10.9 Å². The van der Waals surface area contributed by atoms with Crippen molar-refractivity contribution in [2.45, 2.75) is 39.3 Å². The fraction of sp³-hybridized carbons (Fsp3) is 0.562. The minimum Gasteiger partial charge on any atom is -0.378 e. The molecule has 3 nitrogen and oxygen atoms in total. The van der Waals surface area contributed by atoms with Gasteiger partial charge in [-0.2, -0.15) is 5.10 Å². The minimum atomic E-state index is 0.176. The van der Waals surface area contributed by atoms with E-state index in [0.717, 1.165) is 31.3 Å². The summed E-state index contributed by atoms with van der Waals surface area (Å²) < 4.78 is 7.92. The molecule has 2 aromatic rings. The van der Waals surface area contributed by atoms with Gasteiger partial charge in [0.1, 0.15) is 0 Å². The molecule has 0 radical (unpaired) electrons. The molecule has 20 heavy (non-hydrogen) atoms. The lowest BCUT2D eigenvalue weighted by Crippen LogP contribution is -2.33. The van der Waals surface area contributed by atoms with Crippen molar-refractivity contribution in [1.29, 1.82) is 0 Å². The fourth-order valence-electron chi connectivity index (χ4n) is 3.18. The number of ether oxygens (including phenoxy) is 1. The highest BCUT2D eigenvalue weighted by atomic mass is 79.9. The summed E-state index contributed by atoms with van der Waals surface area (Å²) in [6.45, 7) is 6.10. The van der Waals surface area contributed by atoms with E-state index in [1.165, 1.54) is 16.6 Å². The van der Waals surface area contributed by atoms with Crippen LogP contribution in [0, 0.1) is 5.41 Å². The Morgan fingerprint density at radius 2 is 2.25 bits per heavy atom. The molecule has 1 aliphatic heterocycles. The maximum absolute atomic E-state index is 5.81. The Kier molecular flexibility index (Phi) is 3.87. The van der Waals surface area contributed by atoms with Crippen LogP contribution in [-0.2, 0) is 17.7 Å². The topological polar surface area (TPSA) is 27.1 Å². The van der Waals surface area contributed by atoms with Gasteiger partial charge >= 0.3 is 0 Å². The monoisotopic (exact) mass is 336 g/mol. The standard InChI is InChI=1S/C16H21BrN2O/c1-3-19-15-7-5-4-6-13(15)14(18-19)10-16(11-17)8-9-20-12(16)2/h4-7,12H,3,8-11H2,1-2H3. The molecule has 0 amide bonds. The van der Waals surface area contributed by atoms with Gasteiger partial charge in [-0.3, -0.25) is 4.68 Å². The third kappa shape index (κ3) is 2.19. The predicted molar refractivity (Wildman–Crippen MR) is 85.4 cm³/mol. The Labute approximate surface area is 128 Å². The molecule has 2 heterocycles. The van der Waals surface area contributed by atoms with Gasteiger partial charge in [-0.05, 0) is 26.3 Å². The summed E-state index contributed by atoms with van der Waals surface area (Å²) in [4.78, 5) is 0. The van der Waals surface area contributed by atoms with Crippen molar-refractivity contribution in [2.24, 2.45) is 5.41 Å². The van der Waals surface area contributed by atoms with Crippen molar-refractivity contribution < 1.29 is 4.74 Å². The molecule has 1 fully saturated rings. The van der Waals surface area contributed by atoms with Gasteiger partial charge in [0.05, 0.1) is 17.3 Å². The van der Waals surface area contributed by atoms with E-state index in [2.05, 4.69) is 58.7 Å². The molecule has 1 aromatic carbocycles. The Balaban J connectivity index is 2.02. The van der Waals surface area contributed by atoms with Gasteiger partial charge in [-0.25, -0.2) is 0 Å². The lowest BCUT2D eigenvalue weighted by molar-refractivity contribution is 0.0743. The lowest BCUT2D eigenvalue weighted by atomic mass is 9.79. The first-order valence-corrected chi connectivity index (χ1v) is 8.44. The van der Waals surface area contributed by atoms with Crippen molar-refractivity contribution in [2.75, 3.05) is 11.9 Å². The van der Waals surface area contributed by atoms with E-state index in [1.807, 2.05) is 0 Å². The van der Waals surface area contributed by atoms with Crippen LogP contribution in [0.15, 0.2) is 24.3 Å². The molecule has 1 saturated heterocycles. The van der Waals surface area contributed by atoms with Crippen LogP contribution < -0.4 is 0 Å². The first kappa shape index (κ1) is 14.1. The molecule has 4 heteroatoms. The van der Waals surface area contributed by atoms with E-state index >= 15 is 0 Å². The maximum atomic E-state index is 5.81. The average Bonchev–Trinajstić information content (AvgIpc) is 3.02. The first-order chi connectivity index (χ1) is 9.70. The molecule has 1 aromatic heterocycles. The number of para-hydroxylation sites is 1. The minimum absolute atomic E-state index is 0.176. The van der Waals surface area contributed by atoms with Crippen molar-refractivity contribution >= 4 is 26.8 Å². The highest BCUT2D eigenvalue weighted by molar-refractivity contribution is 9.09. The van der Waals surface area contributed by atoms with Gasteiger partial charge in [-0.1, -0.05) is 34.1 Å². The van der Waals surface area contributed by atoms with Crippen molar-refractivity contribution in [3.63, 3.8) is 0 Å². The Morgan fingerprint density at radius 1 is 1.45 bits per heavy atom. The molecule has 0 aliphatic carbocycles. The highest BCUT2D eigenvalue weighted by Gasteiger charge is 2.41. The number of hydrogen-bond acceptors (Lipinski definition) is 2. The second-order valence-electron chi connectivity index (χ2n) is 5.72. The average molecular weight is 337 g/mol. The molecule has 3 rings (SSSR count). The zero-order chi connectivity index (χ0) is 14.2. The molecule has 108 valence electrons. The quantitative estimate of drug-likeness (QED) is 0.794. The smallest absolute Gasteiger partial charge is 0.0710 e. The molecule has 2 unspecified atom stereocenters. The van der Waals surface area contributed by atoms with E-state index in [9.17, 15) is 0 Å². The molecular formula is C16H21BrN2O. The Hall–Kier alpha value is -0.870. The molecule has 0 bridgehead atoms. The predicted octanol–water partition coefficient (Wildman–Crippen LogP) is 3.79. The zero-order valence-corrected chi connectivity index (χ0v) is 13.7. The zero-order valence-electron chi connectivity index (χ0n) is 12.1. The van der Waals surface area contributed by atoms with Crippen LogP contribution >= 0.6 is 15.9 Å². The number of rotatable bonds is 4. The summed E-state index contributed by atoms with van der Waals surface area (Å²) in [5, 5.41) is 7.09. The van der Waals surface area contributed by atoms with Crippen LogP contribution in [0.2, 0.25) is 0 Å². The number of aromatic nitrogens is 2. The van der Waals surface area contributed by atoms with E-state index in [0.29, 0.717) is 0 Å². The van der Waals surface area contributed by atoms with Crippen molar-refractivity contribution in [3.8, 4) is 0 Å². The van der Waals surface area contributed by atoms with E-state index in [1.54, 1.807) is 0 Å². The van der Waals surface area contributed by atoms with Crippen LogP contribution in [0.5, 0.6) is 0 Å². The molecule has 0 N–H and O–H groups in total. The number of hydrogen-bond donors (Lipinski definition) is 0. The van der Waals surface area contributed by atoms with Crippen molar-refractivity contribution in [3.05, 3.63) is 30.0 Å². The summed E-state index contributed by atoms with van der Waals surface area (Å²) in [6.07, 6.45) is 2.37. The Morgan fingerprint density at radius 3 is 2.90 bits per heavy atom. The van der Waals surface area contributed by atoms with Crippen molar-refractivity contribution in [1.82, 2.24) is 9.78 Å². The number of fused-ring (bicyclic) bond motifs is 1. The van der Waals surface area contributed by atoms with Gasteiger partial charge in [0.2, 0.25) is 0 Å². The lowest BCUT2D eigenvalue weighted by Gasteiger charge is -2.29.